The largest absolute Gasteiger partial charge is 0.480 e. The van der Waals surface area contributed by atoms with Crippen molar-refractivity contribution in [3.63, 3.8) is 0 Å². The normalized spacial score (nSPS) is 11.0. The standard InChI is InChI=1S/C14H20N2O4S/c1-5-16(14(3,4)13(19)20)11(17)8-15-12(18)10-7-6-9(2)21-10/h6-7H,5,8H2,1-4H3,(H,15,18)(H,19,20). The molecule has 0 fully saturated rings. The highest BCUT2D eigenvalue weighted by Gasteiger charge is 2.36. The van der Waals surface area contributed by atoms with Gasteiger partial charge < -0.3 is 15.3 Å². The van der Waals surface area contributed by atoms with E-state index < -0.39 is 17.4 Å². The minimum Gasteiger partial charge on any atom is -0.480 e. The molecular weight excluding hydrogens is 292 g/mol. The molecule has 0 atom stereocenters. The number of thiophene rings is 1. The monoisotopic (exact) mass is 312 g/mol. The van der Waals surface area contributed by atoms with Gasteiger partial charge in [0, 0.05) is 11.4 Å². The van der Waals surface area contributed by atoms with Crippen LogP contribution in [0.4, 0.5) is 0 Å². The van der Waals surface area contributed by atoms with Crippen molar-refractivity contribution in [2.75, 3.05) is 13.1 Å². The van der Waals surface area contributed by atoms with Gasteiger partial charge in [-0.2, -0.15) is 0 Å². The SMILES string of the molecule is CCN(C(=O)CNC(=O)c1ccc(C)s1)C(C)(C)C(=O)O. The third-order valence-electron chi connectivity index (χ3n) is 3.18. The first-order valence-corrected chi connectivity index (χ1v) is 7.40. The topological polar surface area (TPSA) is 86.7 Å². The van der Waals surface area contributed by atoms with Crippen LogP contribution in [0.25, 0.3) is 0 Å². The first-order chi connectivity index (χ1) is 9.70. The summed E-state index contributed by atoms with van der Waals surface area (Å²) in [6, 6.07) is 3.52. The van der Waals surface area contributed by atoms with Gasteiger partial charge in [0.2, 0.25) is 5.91 Å². The Balaban J connectivity index is 2.67. The Hall–Kier alpha value is -1.89. The number of carbonyl (C=O) groups excluding carboxylic acids is 2. The van der Waals surface area contributed by atoms with Crippen LogP contribution in [-0.2, 0) is 9.59 Å². The van der Waals surface area contributed by atoms with Gasteiger partial charge in [0.1, 0.15) is 5.54 Å². The quantitative estimate of drug-likeness (QED) is 0.833. The van der Waals surface area contributed by atoms with Crippen LogP contribution < -0.4 is 5.32 Å². The van der Waals surface area contributed by atoms with E-state index in [0.29, 0.717) is 4.88 Å². The molecule has 7 heteroatoms. The Morgan fingerprint density at radius 2 is 1.95 bits per heavy atom. The molecular formula is C14H20N2O4S. The molecule has 0 unspecified atom stereocenters. The zero-order valence-corrected chi connectivity index (χ0v) is 13.4. The summed E-state index contributed by atoms with van der Waals surface area (Å²) in [6.07, 6.45) is 0. The number of nitrogens with one attached hydrogen (secondary N) is 1. The van der Waals surface area contributed by atoms with Gasteiger partial charge in [-0.05, 0) is 39.8 Å². The summed E-state index contributed by atoms with van der Waals surface area (Å²) in [7, 11) is 0. The van der Waals surface area contributed by atoms with Crippen LogP contribution in [0.2, 0.25) is 0 Å². The number of nitrogens with zero attached hydrogens (tertiary/aromatic N) is 1. The second-order valence-corrected chi connectivity index (χ2v) is 6.38. The first kappa shape index (κ1) is 17.2. The van der Waals surface area contributed by atoms with Crippen LogP contribution in [0, 0.1) is 6.92 Å². The molecule has 0 saturated heterocycles. The average molecular weight is 312 g/mol. The zero-order chi connectivity index (χ0) is 16.2. The molecule has 0 aromatic carbocycles. The minimum atomic E-state index is -1.31. The van der Waals surface area contributed by atoms with Crippen LogP contribution >= 0.6 is 11.3 Å². The fourth-order valence-corrected chi connectivity index (χ4v) is 2.68. The number of rotatable bonds is 6. The predicted octanol–water partition coefficient (Wildman–Crippen LogP) is 1.50. The molecule has 0 saturated carbocycles. The lowest BCUT2D eigenvalue weighted by atomic mass is 10.0. The molecule has 0 aliphatic carbocycles. The highest BCUT2D eigenvalue weighted by molar-refractivity contribution is 7.13. The van der Waals surface area contributed by atoms with Crippen LogP contribution in [-0.4, -0.2) is 46.4 Å². The Kier molecular flexibility index (Phi) is 5.48. The van der Waals surface area contributed by atoms with E-state index in [1.54, 1.807) is 13.0 Å². The fourth-order valence-electron chi connectivity index (χ4n) is 1.89. The maximum absolute atomic E-state index is 12.1. The number of carboxylic acids is 1. The van der Waals surface area contributed by atoms with Gasteiger partial charge >= 0.3 is 5.97 Å². The molecule has 6 nitrogen and oxygen atoms in total. The number of likely N-dealkylation sites (N-methyl/N-ethyl adjacent to an activating group) is 1. The second kappa shape index (κ2) is 6.71. The van der Waals surface area contributed by atoms with E-state index in [9.17, 15) is 19.5 Å². The first-order valence-electron chi connectivity index (χ1n) is 6.58. The Bertz CT molecular complexity index is 551. The van der Waals surface area contributed by atoms with Crippen LogP contribution in [0.1, 0.15) is 35.3 Å². The van der Waals surface area contributed by atoms with Crippen molar-refractivity contribution in [1.82, 2.24) is 10.2 Å². The zero-order valence-electron chi connectivity index (χ0n) is 12.6. The molecule has 2 amide bonds. The number of carbonyl (C=O) groups is 3. The van der Waals surface area contributed by atoms with Crippen molar-refractivity contribution >= 4 is 29.1 Å². The van der Waals surface area contributed by atoms with Gasteiger partial charge in [-0.1, -0.05) is 0 Å². The summed E-state index contributed by atoms with van der Waals surface area (Å²) < 4.78 is 0. The van der Waals surface area contributed by atoms with Crippen LogP contribution in [0.3, 0.4) is 0 Å². The minimum absolute atomic E-state index is 0.222. The van der Waals surface area contributed by atoms with Crippen molar-refractivity contribution in [1.29, 1.82) is 0 Å². The summed E-state index contributed by atoms with van der Waals surface area (Å²) >= 11 is 1.34. The van der Waals surface area contributed by atoms with E-state index >= 15 is 0 Å². The highest BCUT2D eigenvalue weighted by atomic mass is 32.1. The average Bonchev–Trinajstić information content (AvgIpc) is 2.83. The lowest BCUT2D eigenvalue weighted by Crippen LogP contribution is -2.55. The van der Waals surface area contributed by atoms with E-state index in [0.717, 1.165) is 4.88 Å². The number of aryl methyl sites for hydroxylation is 1. The summed E-state index contributed by atoms with van der Waals surface area (Å²) in [6.45, 7) is 6.54. The summed E-state index contributed by atoms with van der Waals surface area (Å²) in [5.41, 5.74) is -1.31. The van der Waals surface area contributed by atoms with Crippen LogP contribution in [0.15, 0.2) is 12.1 Å². The maximum atomic E-state index is 12.1. The number of hydrogen-bond acceptors (Lipinski definition) is 4. The summed E-state index contributed by atoms with van der Waals surface area (Å²) in [5.74, 6) is -1.84. The van der Waals surface area contributed by atoms with Crippen molar-refractivity contribution in [3.05, 3.63) is 21.9 Å². The van der Waals surface area contributed by atoms with E-state index in [4.69, 9.17) is 0 Å². The van der Waals surface area contributed by atoms with E-state index in [2.05, 4.69) is 5.32 Å². The molecule has 0 spiro atoms. The molecule has 1 aromatic heterocycles. The molecule has 116 valence electrons. The van der Waals surface area contributed by atoms with Gasteiger partial charge in [0.15, 0.2) is 0 Å². The molecule has 0 aliphatic rings. The second-order valence-electron chi connectivity index (χ2n) is 5.10. The third kappa shape index (κ3) is 4.04. The Morgan fingerprint density at radius 1 is 1.33 bits per heavy atom. The van der Waals surface area contributed by atoms with Gasteiger partial charge in [-0.3, -0.25) is 9.59 Å². The van der Waals surface area contributed by atoms with Gasteiger partial charge in [-0.15, -0.1) is 11.3 Å². The Morgan fingerprint density at radius 3 is 2.38 bits per heavy atom. The van der Waals surface area contributed by atoms with Gasteiger partial charge in [0.25, 0.3) is 5.91 Å². The third-order valence-corrected chi connectivity index (χ3v) is 4.18. The molecule has 1 aromatic rings. The van der Waals surface area contributed by atoms with Crippen molar-refractivity contribution in [2.45, 2.75) is 33.2 Å². The lowest BCUT2D eigenvalue weighted by Gasteiger charge is -2.34. The van der Waals surface area contributed by atoms with Gasteiger partial charge in [0.05, 0.1) is 11.4 Å². The van der Waals surface area contributed by atoms with Crippen molar-refractivity contribution < 1.29 is 19.5 Å². The van der Waals surface area contributed by atoms with E-state index in [-0.39, 0.29) is 19.0 Å². The molecule has 21 heavy (non-hydrogen) atoms. The molecule has 0 aliphatic heterocycles. The molecule has 1 heterocycles. The number of carboxylic acid groups (broad SMARTS) is 1. The molecule has 1 rings (SSSR count). The molecule has 2 N–H and O–H groups in total. The predicted molar refractivity (Wildman–Crippen MR) is 80.5 cm³/mol. The maximum Gasteiger partial charge on any atom is 0.329 e. The van der Waals surface area contributed by atoms with E-state index in [1.807, 2.05) is 13.0 Å². The van der Waals surface area contributed by atoms with Crippen molar-refractivity contribution in [3.8, 4) is 0 Å². The van der Waals surface area contributed by atoms with Crippen LogP contribution in [0.5, 0.6) is 0 Å². The number of aliphatic carboxylic acids is 1. The highest BCUT2D eigenvalue weighted by Crippen LogP contribution is 2.16. The molecule has 0 radical (unpaired) electrons. The Labute approximate surface area is 127 Å². The number of amides is 2. The fraction of sp³-hybridized carbons (Fsp3) is 0.500. The van der Waals surface area contributed by atoms with Crippen molar-refractivity contribution in [2.24, 2.45) is 0 Å². The smallest absolute Gasteiger partial charge is 0.329 e. The summed E-state index contributed by atoms with van der Waals surface area (Å²) in [4.78, 5) is 38.0. The van der Waals surface area contributed by atoms with E-state index in [1.165, 1.54) is 30.1 Å². The lowest BCUT2D eigenvalue weighted by molar-refractivity contribution is -0.156. The molecule has 0 bridgehead atoms. The summed E-state index contributed by atoms with van der Waals surface area (Å²) in [5, 5.41) is 11.7. The van der Waals surface area contributed by atoms with Gasteiger partial charge in [-0.25, -0.2) is 4.79 Å². The number of hydrogen-bond donors (Lipinski definition) is 2.